The van der Waals surface area contributed by atoms with Crippen LogP contribution < -0.4 is 5.32 Å². The van der Waals surface area contributed by atoms with Gasteiger partial charge in [0.25, 0.3) is 12.3 Å². The van der Waals surface area contributed by atoms with Gasteiger partial charge in [0.05, 0.1) is 11.7 Å². The SMILES string of the molecule is CCN1CCC(CCCN2CCC(n3cc(NC(=O)c4coc(-c5ccnc(CCC6CC6)c5)n4)c(C(F)F)n3)CC2)CC1. The number of piperidine rings is 2. The number of oxazole rings is 1. The molecule has 6 rings (SSSR count). The van der Waals surface area contributed by atoms with Crippen molar-refractivity contribution in [2.24, 2.45) is 11.8 Å². The number of likely N-dealkylation sites (tertiary alicyclic amines) is 2. The van der Waals surface area contributed by atoms with Crippen molar-refractivity contribution in [2.75, 3.05) is 44.6 Å². The van der Waals surface area contributed by atoms with Crippen molar-refractivity contribution in [3.05, 3.63) is 47.9 Å². The van der Waals surface area contributed by atoms with Crippen LogP contribution in [0.5, 0.6) is 0 Å². The van der Waals surface area contributed by atoms with Crippen LogP contribution in [-0.4, -0.2) is 74.7 Å². The lowest BCUT2D eigenvalue weighted by molar-refractivity contribution is 0.102. The Balaban J connectivity index is 1.01. The average molecular weight is 610 g/mol. The number of aromatic nitrogens is 4. The molecule has 2 aliphatic heterocycles. The Morgan fingerprint density at radius 1 is 1.05 bits per heavy atom. The van der Waals surface area contributed by atoms with Gasteiger partial charge in [0.1, 0.15) is 6.26 Å². The van der Waals surface area contributed by atoms with Crippen LogP contribution >= 0.6 is 0 Å². The lowest BCUT2D eigenvalue weighted by Gasteiger charge is -2.33. The Kier molecular flexibility index (Phi) is 10.0. The molecule has 0 unspecified atom stereocenters. The number of carbonyl (C=O) groups is 1. The fraction of sp³-hybridized carbons (Fsp3) is 0.636. The summed E-state index contributed by atoms with van der Waals surface area (Å²) in [7, 11) is 0. The number of nitrogens with one attached hydrogen (secondary N) is 1. The number of carbonyl (C=O) groups excluding carboxylic acids is 1. The average Bonchev–Trinajstić information content (AvgIpc) is 3.56. The highest BCUT2D eigenvalue weighted by Crippen LogP contribution is 2.34. The highest BCUT2D eigenvalue weighted by atomic mass is 19.3. The Morgan fingerprint density at radius 3 is 2.52 bits per heavy atom. The van der Waals surface area contributed by atoms with Gasteiger partial charge in [0, 0.05) is 36.7 Å². The maximum Gasteiger partial charge on any atom is 0.284 e. The largest absolute Gasteiger partial charge is 0.444 e. The monoisotopic (exact) mass is 609 g/mol. The number of halogens is 2. The van der Waals surface area contributed by atoms with Gasteiger partial charge in [-0.3, -0.25) is 14.5 Å². The second kappa shape index (κ2) is 14.3. The predicted molar refractivity (Wildman–Crippen MR) is 165 cm³/mol. The van der Waals surface area contributed by atoms with E-state index in [1.807, 2.05) is 6.07 Å². The molecular weight excluding hydrogens is 564 g/mol. The van der Waals surface area contributed by atoms with E-state index in [2.05, 4.69) is 37.1 Å². The molecule has 5 heterocycles. The molecule has 1 saturated carbocycles. The smallest absolute Gasteiger partial charge is 0.284 e. The second-order valence-corrected chi connectivity index (χ2v) is 12.8. The summed E-state index contributed by atoms with van der Waals surface area (Å²) in [5.41, 5.74) is 1.30. The Bertz CT molecular complexity index is 1370. The van der Waals surface area contributed by atoms with Gasteiger partial charge >= 0.3 is 0 Å². The highest BCUT2D eigenvalue weighted by molar-refractivity contribution is 6.03. The van der Waals surface area contributed by atoms with Gasteiger partial charge < -0.3 is 19.5 Å². The number of anilines is 1. The first-order valence-corrected chi connectivity index (χ1v) is 16.5. The standard InChI is InChI=1S/C33H45F2N7O2/c1-2-40-16-10-23(11-17-40)4-3-15-41-18-12-27(13-19-41)42-21-28(30(39-42)31(34)35)37-32(43)29-22-44-33(38-29)25-9-14-36-26(20-25)8-7-24-5-6-24/h9,14,20-24,27,31H,2-8,10-13,15-19H2,1H3,(H,37,43). The predicted octanol–water partition coefficient (Wildman–Crippen LogP) is 6.61. The zero-order chi connectivity index (χ0) is 30.5. The van der Waals surface area contributed by atoms with E-state index in [0.717, 1.165) is 75.0 Å². The zero-order valence-electron chi connectivity index (χ0n) is 25.8. The van der Waals surface area contributed by atoms with E-state index in [0.29, 0.717) is 5.89 Å². The third-order valence-electron chi connectivity index (χ3n) is 9.69. The van der Waals surface area contributed by atoms with E-state index in [1.165, 1.54) is 57.9 Å². The summed E-state index contributed by atoms with van der Waals surface area (Å²) >= 11 is 0. The first-order chi connectivity index (χ1) is 21.4. The van der Waals surface area contributed by atoms with Crippen LogP contribution in [0, 0.1) is 11.8 Å². The van der Waals surface area contributed by atoms with Gasteiger partial charge in [-0.05, 0) is 102 Å². The molecule has 238 valence electrons. The molecule has 0 spiro atoms. The Morgan fingerprint density at radius 2 is 1.80 bits per heavy atom. The van der Waals surface area contributed by atoms with Crippen molar-refractivity contribution in [1.82, 2.24) is 29.5 Å². The summed E-state index contributed by atoms with van der Waals surface area (Å²) in [4.78, 5) is 26.8. The van der Waals surface area contributed by atoms with Gasteiger partial charge in [0.15, 0.2) is 11.4 Å². The van der Waals surface area contributed by atoms with Crippen molar-refractivity contribution in [3.8, 4) is 11.5 Å². The van der Waals surface area contributed by atoms with Crippen LogP contribution in [0.1, 0.15) is 99.1 Å². The summed E-state index contributed by atoms with van der Waals surface area (Å²) in [5, 5.41) is 6.82. The topological polar surface area (TPSA) is 92.3 Å². The number of pyridine rings is 1. The Labute approximate surface area is 258 Å². The molecule has 3 aliphatic rings. The van der Waals surface area contributed by atoms with Crippen molar-refractivity contribution < 1.29 is 18.0 Å². The maximum absolute atomic E-state index is 14.0. The number of nitrogens with zero attached hydrogens (tertiary/aromatic N) is 6. The number of hydrogen-bond donors (Lipinski definition) is 1. The minimum Gasteiger partial charge on any atom is -0.444 e. The minimum atomic E-state index is -2.81. The summed E-state index contributed by atoms with van der Waals surface area (Å²) in [5.74, 6) is 1.33. The van der Waals surface area contributed by atoms with Crippen LogP contribution in [0.3, 0.4) is 0 Å². The van der Waals surface area contributed by atoms with Crippen LogP contribution in [0.4, 0.5) is 14.5 Å². The molecule has 1 amide bonds. The van der Waals surface area contributed by atoms with Gasteiger partial charge in [0.2, 0.25) is 5.89 Å². The summed E-state index contributed by atoms with van der Waals surface area (Å²) in [6.45, 7) is 8.77. The highest BCUT2D eigenvalue weighted by Gasteiger charge is 2.27. The molecule has 3 aromatic rings. The first kappa shape index (κ1) is 30.8. The van der Waals surface area contributed by atoms with E-state index in [9.17, 15) is 13.6 Å². The van der Waals surface area contributed by atoms with E-state index in [4.69, 9.17) is 4.42 Å². The van der Waals surface area contributed by atoms with Crippen molar-refractivity contribution in [2.45, 2.75) is 83.6 Å². The molecular formula is C33H45F2N7O2. The minimum absolute atomic E-state index is 0.0115. The number of amides is 1. The third kappa shape index (κ3) is 7.90. The van der Waals surface area contributed by atoms with E-state index in [-0.39, 0.29) is 17.4 Å². The maximum atomic E-state index is 14.0. The fourth-order valence-corrected chi connectivity index (χ4v) is 6.66. The zero-order valence-corrected chi connectivity index (χ0v) is 25.8. The molecule has 0 radical (unpaired) electrons. The number of aryl methyl sites for hydroxylation is 1. The third-order valence-corrected chi connectivity index (χ3v) is 9.69. The summed E-state index contributed by atoms with van der Waals surface area (Å²) in [6, 6.07) is 3.73. The molecule has 0 atom stereocenters. The summed E-state index contributed by atoms with van der Waals surface area (Å²) < 4.78 is 35.1. The van der Waals surface area contributed by atoms with E-state index >= 15 is 0 Å². The van der Waals surface area contributed by atoms with E-state index in [1.54, 1.807) is 23.1 Å². The van der Waals surface area contributed by atoms with Crippen LogP contribution in [0.25, 0.3) is 11.5 Å². The van der Waals surface area contributed by atoms with Gasteiger partial charge in [-0.1, -0.05) is 19.8 Å². The fourth-order valence-electron chi connectivity index (χ4n) is 6.66. The molecule has 3 fully saturated rings. The second-order valence-electron chi connectivity index (χ2n) is 12.8. The van der Waals surface area contributed by atoms with Gasteiger partial charge in [-0.15, -0.1) is 0 Å². The number of rotatable bonds is 13. The quantitative estimate of drug-likeness (QED) is 0.233. The molecule has 11 heteroatoms. The molecule has 2 saturated heterocycles. The van der Waals surface area contributed by atoms with Gasteiger partial charge in [-0.25, -0.2) is 13.8 Å². The van der Waals surface area contributed by atoms with Gasteiger partial charge in [-0.2, -0.15) is 5.10 Å². The molecule has 3 aromatic heterocycles. The number of alkyl halides is 2. The van der Waals surface area contributed by atoms with Crippen molar-refractivity contribution in [3.63, 3.8) is 0 Å². The number of hydrogen-bond acceptors (Lipinski definition) is 7. The van der Waals surface area contributed by atoms with Crippen LogP contribution in [-0.2, 0) is 6.42 Å². The van der Waals surface area contributed by atoms with Crippen molar-refractivity contribution in [1.29, 1.82) is 0 Å². The molecule has 0 bridgehead atoms. The van der Waals surface area contributed by atoms with Crippen LogP contribution in [0.15, 0.2) is 35.2 Å². The molecule has 1 N–H and O–H groups in total. The normalized spacial score (nSPS) is 19.2. The molecule has 44 heavy (non-hydrogen) atoms. The van der Waals surface area contributed by atoms with Crippen LogP contribution in [0.2, 0.25) is 0 Å². The lowest BCUT2D eigenvalue weighted by atomic mass is 9.92. The molecule has 0 aromatic carbocycles. The Hall–Kier alpha value is -3.18. The molecule has 1 aliphatic carbocycles. The summed E-state index contributed by atoms with van der Waals surface area (Å²) in [6.07, 6.45) is 13.1. The molecule has 9 nitrogen and oxygen atoms in total. The van der Waals surface area contributed by atoms with E-state index < -0.39 is 18.0 Å². The first-order valence-electron chi connectivity index (χ1n) is 16.5. The van der Waals surface area contributed by atoms with Crippen molar-refractivity contribution >= 4 is 11.6 Å². The lowest BCUT2D eigenvalue weighted by Crippen LogP contribution is -2.36.